The molecule has 0 saturated heterocycles. The number of fused-ring (bicyclic) bond motifs is 1. The SMILES string of the molecule is CCOc1ccc(-n2c(O)c(C=NNc3ccccc3)c3ccc(OC)cc3c2=O)c([N+](=O)[O-])c1. The molecule has 10 heteroatoms. The van der Waals surface area contributed by atoms with Crippen LogP contribution in [0.4, 0.5) is 11.4 Å². The van der Waals surface area contributed by atoms with E-state index < -0.39 is 22.0 Å². The number of ether oxygens (including phenoxy) is 2. The smallest absolute Gasteiger partial charge is 0.297 e. The van der Waals surface area contributed by atoms with Crippen LogP contribution in [0.3, 0.4) is 0 Å². The topological polar surface area (TPSA) is 128 Å². The van der Waals surface area contributed by atoms with Crippen LogP contribution < -0.4 is 20.5 Å². The highest BCUT2D eigenvalue weighted by molar-refractivity contribution is 6.02. The first-order chi connectivity index (χ1) is 16.9. The summed E-state index contributed by atoms with van der Waals surface area (Å²) in [6.07, 6.45) is 1.35. The predicted octanol–water partition coefficient (Wildman–Crippen LogP) is 4.46. The lowest BCUT2D eigenvalue weighted by atomic mass is 10.1. The molecule has 0 aliphatic rings. The number of benzene rings is 3. The van der Waals surface area contributed by atoms with Crippen LogP contribution in [0.15, 0.2) is 76.6 Å². The van der Waals surface area contributed by atoms with Gasteiger partial charge in [-0.25, -0.2) is 4.57 Å². The second-order valence-corrected chi connectivity index (χ2v) is 7.37. The fourth-order valence-electron chi connectivity index (χ4n) is 3.65. The van der Waals surface area contributed by atoms with Crippen molar-refractivity contribution >= 4 is 28.4 Å². The van der Waals surface area contributed by atoms with Gasteiger partial charge in [0.15, 0.2) is 0 Å². The molecule has 3 aromatic carbocycles. The van der Waals surface area contributed by atoms with Crippen molar-refractivity contribution in [2.75, 3.05) is 19.1 Å². The van der Waals surface area contributed by atoms with E-state index in [-0.39, 0.29) is 22.4 Å². The molecule has 4 rings (SSSR count). The molecule has 0 fully saturated rings. The maximum atomic E-state index is 13.5. The van der Waals surface area contributed by atoms with Crippen LogP contribution in [0.25, 0.3) is 16.5 Å². The van der Waals surface area contributed by atoms with Gasteiger partial charge in [0.2, 0.25) is 5.88 Å². The minimum Gasteiger partial charge on any atom is -0.497 e. The summed E-state index contributed by atoms with van der Waals surface area (Å²) in [5, 5.41) is 27.8. The van der Waals surface area contributed by atoms with Gasteiger partial charge in [-0.1, -0.05) is 18.2 Å². The number of methoxy groups -OCH3 is 1. The normalized spacial score (nSPS) is 11.0. The number of para-hydroxylation sites is 1. The summed E-state index contributed by atoms with van der Waals surface area (Å²) in [6, 6.07) is 18.0. The van der Waals surface area contributed by atoms with Crippen LogP contribution in [-0.4, -0.2) is 34.5 Å². The Labute approximate surface area is 199 Å². The number of pyridine rings is 1. The number of hydrogen-bond donors (Lipinski definition) is 2. The monoisotopic (exact) mass is 474 g/mol. The molecular weight excluding hydrogens is 452 g/mol. The highest BCUT2D eigenvalue weighted by atomic mass is 16.6. The first-order valence-electron chi connectivity index (χ1n) is 10.7. The van der Waals surface area contributed by atoms with E-state index in [1.54, 1.807) is 19.1 Å². The van der Waals surface area contributed by atoms with E-state index in [2.05, 4.69) is 10.5 Å². The zero-order valence-electron chi connectivity index (χ0n) is 19.0. The molecule has 0 bridgehead atoms. The van der Waals surface area contributed by atoms with E-state index in [9.17, 15) is 20.0 Å². The zero-order valence-corrected chi connectivity index (χ0v) is 19.0. The largest absolute Gasteiger partial charge is 0.497 e. The van der Waals surface area contributed by atoms with Crippen LogP contribution in [0.2, 0.25) is 0 Å². The van der Waals surface area contributed by atoms with Crippen molar-refractivity contribution in [2.24, 2.45) is 5.10 Å². The molecule has 0 unspecified atom stereocenters. The molecule has 0 atom stereocenters. The predicted molar refractivity (Wildman–Crippen MR) is 133 cm³/mol. The van der Waals surface area contributed by atoms with Crippen molar-refractivity contribution in [3.8, 4) is 23.1 Å². The summed E-state index contributed by atoms with van der Waals surface area (Å²) in [4.78, 5) is 24.7. The Balaban J connectivity index is 1.96. The fraction of sp³-hybridized carbons (Fsp3) is 0.120. The number of hydrazone groups is 1. The van der Waals surface area contributed by atoms with Crippen LogP contribution in [0, 0.1) is 10.1 Å². The van der Waals surface area contributed by atoms with Gasteiger partial charge in [0, 0.05) is 5.39 Å². The minimum absolute atomic E-state index is 0.114. The third-order valence-electron chi connectivity index (χ3n) is 5.26. The van der Waals surface area contributed by atoms with Gasteiger partial charge in [-0.2, -0.15) is 5.10 Å². The molecule has 178 valence electrons. The van der Waals surface area contributed by atoms with Crippen molar-refractivity contribution in [2.45, 2.75) is 6.92 Å². The minimum atomic E-state index is -0.656. The Kier molecular flexibility index (Phi) is 6.63. The van der Waals surface area contributed by atoms with E-state index in [1.807, 2.05) is 30.3 Å². The maximum Gasteiger partial charge on any atom is 0.297 e. The lowest BCUT2D eigenvalue weighted by Gasteiger charge is -2.15. The molecule has 4 aromatic rings. The summed E-state index contributed by atoms with van der Waals surface area (Å²) < 4.78 is 11.5. The van der Waals surface area contributed by atoms with E-state index >= 15 is 0 Å². The van der Waals surface area contributed by atoms with Crippen LogP contribution in [0.5, 0.6) is 17.4 Å². The number of nitro groups is 1. The van der Waals surface area contributed by atoms with E-state index in [0.29, 0.717) is 23.4 Å². The third-order valence-corrected chi connectivity index (χ3v) is 5.26. The Bertz CT molecular complexity index is 1480. The number of anilines is 1. The summed E-state index contributed by atoms with van der Waals surface area (Å²) in [7, 11) is 1.46. The summed E-state index contributed by atoms with van der Waals surface area (Å²) in [5.41, 5.74) is 2.58. The number of nitrogens with zero attached hydrogens (tertiary/aromatic N) is 3. The fourth-order valence-corrected chi connectivity index (χ4v) is 3.65. The zero-order chi connectivity index (χ0) is 24.9. The number of nitrogens with one attached hydrogen (secondary N) is 1. The number of rotatable bonds is 8. The highest BCUT2D eigenvalue weighted by Gasteiger charge is 2.24. The molecule has 0 aliphatic heterocycles. The van der Waals surface area contributed by atoms with Gasteiger partial charge in [0.1, 0.15) is 17.2 Å². The van der Waals surface area contributed by atoms with Gasteiger partial charge < -0.3 is 14.6 Å². The first-order valence-corrected chi connectivity index (χ1v) is 10.7. The molecular formula is C25H22N4O6. The molecule has 0 amide bonds. The maximum absolute atomic E-state index is 13.5. The van der Waals surface area contributed by atoms with E-state index in [0.717, 1.165) is 4.57 Å². The van der Waals surface area contributed by atoms with E-state index in [1.165, 1.54) is 37.6 Å². The lowest BCUT2D eigenvalue weighted by molar-refractivity contribution is -0.384. The number of nitro benzene ring substituents is 1. The van der Waals surface area contributed by atoms with Crippen molar-refractivity contribution in [1.82, 2.24) is 4.57 Å². The Hall–Kier alpha value is -4.86. The van der Waals surface area contributed by atoms with Crippen LogP contribution >= 0.6 is 0 Å². The number of aromatic nitrogens is 1. The van der Waals surface area contributed by atoms with Gasteiger partial charge in [-0.15, -0.1) is 0 Å². The third kappa shape index (κ3) is 4.62. The molecule has 0 saturated carbocycles. The van der Waals surface area contributed by atoms with Gasteiger partial charge in [-0.3, -0.25) is 20.3 Å². The quantitative estimate of drug-likeness (QED) is 0.219. The second-order valence-electron chi connectivity index (χ2n) is 7.37. The number of hydrogen-bond acceptors (Lipinski definition) is 8. The van der Waals surface area contributed by atoms with Gasteiger partial charge >= 0.3 is 0 Å². The Morgan fingerprint density at radius 3 is 2.51 bits per heavy atom. The van der Waals surface area contributed by atoms with Crippen LogP contribution in [0.1, 0.15) is 12.5 Å². The van der Waals surface area contributed by atoms with E-state index in [4.69, 9.17) is 9.47 Å². The number of aromatic hydroxyl groups is 1. The Morgan fingerprint density at radius 2 is 1.83 bits per heavy atom. The molecule has 0 aliphatic carbocycles. The molecule has 0 radical (unpaired) electrons. The van der Waals surface area contributed by atoms with Crippen molar-refractivity contribution < 1.29 is 19.5 Å². The van der Waals surface area contributed by atoms with Gasteiger partial charge in [0.25, 0.3) is 11.2 Å². The average molecular weight is 474 g/mol. The van der Waals surface area contributed by atoms with Gasteiger partial charge in [-0.05, 0) is 49.4 Å². The van der Waals surface area contributed by atoms with Crippen LogP contribution in [-0.2, 0) is 0 Å². The van der Waals surface area contributed by atoms with Crippen molar-refractivity contribution in [1.29, 1.82) is 0 Å². The summed E-state index contributed by atoms with van der Waals surface area (Å²) >= 11 is 0. The van der Waals surface area contributed by atoms with Crippen molar-refractivity contribution in [3.63, 3.8) is 0 Å². The molecule has 10 nitrogen and oxygen atoms in total. The van der Waals surface area contributed by atoms with Gasteiger partial charge in [0.05, 0.1) is 47.6 Å². The molecule has 1 heterocycles. The molecule has 1 aromatic heterocycles. The molecule has 35 heavy (non-hydrogen) atoms. The summed E-state index contributed by atoms with van der Waals surface area (Å²) in [6.45, 7) is 2.06. The summed E-state index contributed by atoms with van der Waals surface area (Å²) in [5.74, 6) is 0.184. The first kappa shape index (κ1) is 23.3. The Morgan fingerprint density at radius 1 is 1.09 bits per heavy atom. The molecule has 0 spiro atoms. The second kappa shape index (κ2) is 9.96. The average Bonchev–Trinajstić information content (AvgIpc) is 2.87. The molecule has 2 N–H and O–H groups in total. The lowest BCUT2D eigenvalue weighted by Crippen LogP contribution is -2.21. The van der Waals surface area contributed by atoms with Crippen molar-refractivity contribution in [3.05, 3.63) is 92.8 Å². The highest BCUT2D eigenvalue weighted by Crippen LogP contribution is 2.33. The standard InChI is InChI=1S/C25H22N4O6/c1-3-35-18-10-12-22(23(14-18)29(32)33)28-24(30)20-13-17(34-2)9-11-19(20)21(25(28)31)15-26-27-16-7-5-4-6-8-16/h4-15,27,31H,3H2,1-2H3.